The number of likely N-dealkylation sites (tertiary alicyclic amines) is 1. The van der Waals surface area contributed by atoms with E-state index in [0.717, 1.165) is 12.8 Å². The van der Waals surface area contributed by atoms with Crippen LogP contribution in [0.2, 0.25) is 5.15 Å². The molecule has 132 valence electrons. The molecule has 2 heterocycles. The van der Waals surface area contributed by atoms with Crippen LogP contribution in [-0.4, -0.2) is 58.6 Å². The second-order valence-electron chi connectivity index (χ2n) is 7.00. The van der Waals surface area contributed by atoms with Gasteiger partial charge < -0.3 is 14.5 Å². The predicted molar refractivity (Wildman–Crippen MR) is 92.2 cm³/mol. The first-order chi connectivity index (χ1) is 11.2. The first kappa shape index (κ1) is 18.5. The van der Waals surface area contributed by atoms with E-state index in [1.807, 2.05) is 20.8 Å². The second kappa shape index (κ2) is 7.38. The third-order valence-electron chi connectivity index (χ3n) is 3.83. The molecule has 1 saturated heterocycles. The number of carbonyl (C=O) groups excluding carboxylic acids is 2. The van der Waals surface area contributed by atoms with Gasteiger partial charge in [0.05, 0.1) is 11.6 Å². The third-order valence-corrected chi connectivity index (χ3v) is 4.13. The molecule has 0 bridgehead atoms. The fraction of sp³-hybridized carbons (Fsp3) is 0.588. The molecule has 0 N–H and O–H groups in total. The van der Waals surface area contributed by atoms with Crippen molar-refractivity contribution < 1.29 is 14.3 Å². The van der Waals surface area contributed by atoms with Gasteiger partial charge in [-0.2, -0.15) is 0 Å². The lowest BCUT2D eigenvalue weighted by Crippen LogP contribution is -2.45. The normalized spacial score (nSPS) is 17.7. The molecule has 0 radical (unpaired) electrons. The van der Waals surface area contributed by atoms with E-state index in [1.165, 1.54) is 0 Å². The number of rotatable bonds is 3. The first-order valence-electron chi connectivity index (χ1n) is 8.04. The van der Waals surface area contributed by atoms with E-state index in [-0.39, 0.29) is 23.2 Å². The predicted octanol–water partition coefficient (Wildman–Crippen LogP) is 3.21. The maximum absolute atomic E-state index is 12.5. The van der Waals surface area contributed by atoms with Crippen molar-refractivity contribution in [2.24, 2.45) is 0 Å². The molecule has 2 rings (SSSR count). The minimum atomic E-state index is -0.533. The fourth-order valence-corrected chi connectivity index (χ4v) is 2.94. The number of hydrogen-bond acceptors (Lipinski definition) is 4. The Kier molecular flexibility index (Phi) is 5.70. The molecule has 6 nitrogen and oxygen atoms in total. The summed E-state index contributed by atoms with van der Waals surface area (Å²) in [4.78, 5) is 32.1. The van der Waals surface area contributed by atoms with E-state index in [9.17, 15) is 9.59 Å². The Balaban J connectivity index is 2.02. The van der Waals surface area contributed by atoms with Crippen LogP contribution in [0.15, 0.2) is 18.3 Å². The number of pyridine rings is 1. The summed E-state index contributed by atoms with van der Waals surface area (Å²) in [6.45, 7) is 6.61. The van der Waals surface area contributed by atoms with Crippen molar-refractivity contribution in [1.29, 1.82) is 0 Å². The quantitative estimate of drug-likeness (QED) is 0.783. The maximum Gasteiger partial charge on any atom is 0.410 e. The number of nitrogens with zero attached hydrogens (tertiary/aromatic N) is 3. The van der Waals surface area contributed by atoms with Crippen molar-refractivity contribution >= 4 is 23.6 Å². The van der Waals surface area contributed by atoms with E-state index < -0.39 is 5.60 Å². The van der Waals surface area contributed by atoms with Crippen LogP contribution < -0.4 is 0 Å². The van der Waals surface area contributed by atoms with Crippen molar-refractivity contribution in [3.63, 3.8) is 0 Å². The van der Waals surface area contributed by atoms with Crippen molar-refractivity contribution in [3.05, 3.63) is 29.0 Å². The molecule has 1 fully saturated rings. The molecule has 1 atom stereocenters. The molecule has 1 aliphatic rings. The molecule has 0 unspecified atom stereocenters. The zero-order valence-electron chi connectivity index (χ0n) is 14.6. The van der Waals surface area contributed by atoms with Gasteiger partial charge in [0.2, 0.25) is 0 Å². The van der Waals surface area contributed by atoms with Crippen LogP contribution in [-0.2, 0) is 4.74 Å². The lowest BCUT2D eigenvalue weighted by molar-refractivity contribution is 0.0199. The Labute approximate surface area is 147 Å². The number of ether oxygens (including phenoxy) is 1. The number of hydrogen-bond donors (Lipinski definition) is 0. The lowest BCUT2D eigenvalue weighted by atomic mass is 10.2. The van der Waals surface area contributed by atoms with Crippen LogP contribution in [0, 0.1) is 0 Å². The minimum absolute atomic E-state index is 0.0516. The molecule has 0 aromatic carbocycles. The van der Waals surface area contributed by atoms with Gasteiger partial charge in [0.1, 0.15) is 10.8 Å². The highest BCUT2D eigenvalue weighted by atomic mass is 35.5. The zero-order valence-corrected chi connectivity index (χ0v) is 15.3. The van der Waals surface area contributed by atoms with Crippen LogP contribution in [0.4, 0.5) is 4.79 Å². The van der Waals surface area contributed by atoms with Gasteiger partial charge in [-0.15, -0.1) is 0 Å². The molecule has 2 amide bonds. The summed E-state index contributed by atoms with van der Waals surface area (Å²) in [5.74, 6) is -0.205. The Hall–Kier alpha value is -1.82. The van der Waals surface area contributed by atoms with Crippen molar-refractivity contribution in [3.8, 4) is 0 Å². The average Bonchev–Trinajstić information content (AvgIpc) is 2.93. The smallest absolute Gasteiger partial charge is 0.410 e. The van der Waals surface area contributed by atoms with E-state index in [4.69, 9.17) is 16.3 Å². The van der Waals surface area contributed by atoms with Gasteiger partial charge in [-0.25, -0.2) is 9.78 Å². The summed E-state index contributed by atoms with van der Waals surface area (Å²) in [6, 6.07) is 3.27. The lowest BCUT2D eigenvalue weighted by Gasteiger charge is -2.31. The SMILES string of the molecule is CN(C[C@H]1CCCN1C(=O)OC(C)(C)C)C(=O)c1cccnc1Cl. The van der Waals surface area contributed by atoms with Gasteiger partial charge in [0.15, 0.2) is 0 Å². The molecular formula is C17H24ClN3O3. The topological polar surface area (TPSA) is 62.7 Å². The molecule has 1 aromatic heterocycles. The summed E-state index contributed by atoms with van der Waals surface area (Å²) in [7, 11) is 1.71. The third kappa shape index (κ3) is 4.60. The number of amides is 2. The van der Waals surface area contributed by atoms with Crippen LogP contribution in [0.3, 0.4) is 0 Å². The summed E-state index contributed by atoms with van der Waals surface area (Å²) >= 11 is 5.99. The standard InChI is InChI=1S/C17H24ClN3O3/c1-17(2,3)24-16(23)21-10-6-7-12(21)11-20(4)15(22)13-8-5-9-19-14(13)18/h5,8-9,12H,6-7,10-11H2,1-4H3/t12-/m1/s1. The van der Waals surface area contributed by atoms with E-state index in [0.29, 0.717) is 18.7 Å². The zero-order chi connectivity index (χ0) is 17.9. The second-order valence-corrected chi connectivity index (χ2v) is 7.36. The molecule has 7 heteroatoms. The maximum atomic E-state index is 12.5. The average molecular weight is 354 g/mol. The Morgan fingerprint density at radius 3 is 2.79 bits per heavy atom. The number of carbonyl (C=O) groups is 2. The summed E-state index contributed by atoms with van der Waals surface area (Å²) in [5, 5.41) is 0.185. The molecule has 0 saturated carbocycles. The highest BCUT2D eigenvalue weighted by Gasteiger charge is 2.33. The molecule has 0 spiro atoms. The van der Waals surface area contributed by atoms with Crippen molar-refractivity contribution in [2.75, 3.05) is 20.1 Å². The van der Waals surface area contributed by atoms with E-state index in [1.54, 1.807) is 35.2 Å². The van der Waals surface area contributed by atoms with Gasteiger partial charge in [-0.05, 0) is 45.7 Å². The Bertz CT molecular complexity index is 615. The number of likely N-dealkylation sites (N-methyl/N-ethyl adjacent to an activating group) is 1. The highest BCUT2D eigenvalue weighted by molar-refractivity contribution is 6.32. The minimum Gasteiger partial charge on any atom is -0.444 e. The van der Waals surface area contributed by atoms with Crippen LogP contribution >= 0.6 is 11.6 Å². The largest absolute Gasteiger partial charge is 0.444 e. The number of halogens is 1. The highest BCUT2D eigenvalue weighted by Crippen LogP contribution is 2.22. The van der Waals surface area contributed by atoms with Crippen molar-refractivity contribution in [1.82, 2.24) is 14.8 Å². The van der Waals surface area contributed by atoms with E-state index in [2.05, 4.69) is 4.98 Å². The first-order valence-corrected chi connectivity index (χ1v) is 8.42. The summed E-state index contributed by atoms with van der Waals surface area (Å²) in [6.07, 6.45) is 2.96. The summed E-state index contributed by atoms with van der Waals surface area (Å²) in [5.41, 5.74) is -0.168. The Morgan fingerprint density at radius 2 is 2.17 bits per heavy atom. The fourth-order valence-electron chi connectivity index (χ4n) is 2.74. The van der Waals surface area contributed by atoms with Crippen LogP contribution in [0.25, 0.3) is 0 Å². The van der Waals surface area contributed by atoms with Crippen LogP contribution in [0.1, 0.15) is 44.0 Å². The molecule has 0 aliphatic carbocycles. The number of aromatic nitrogens is 1. The molecule has 1 aliphatic heterocycles. The van der Waals surface area contributed by atoms with Gasteiger partial charge in [0.25, 0.3) is 5.91 Å². The van der Waals surface area contributed by atoms with Gasteiger partial charge in [-0.3, -0.25) is 4.79 Å². The van der Waals surface area contributed by atoms with E-state index >= 15 is 0 Å². The summed E-state index contributed by atoms with van der Waals surface area (Å²) < 4.78 is 5.45. The monoisotopic (exact) mass is 353 g/mol. The Morgan fingerprint density at radius 1 is 1.46 bits per heavy atom. The van der Waals surface area contributed by atoms with Gasteiger partial charge >= 0.3 is 6.09 Å². The molecule has 1 aromatic rings. The van der Waals surface area contributed by atoms with Gasteiger partial charge in [0, 0.05) is 26.3 Å². The van der Waals surface area contributed by atoms with Crippen LogP contribution in [0.5, 0.6) is 0 Å². The van der Waals surface area contributed by atoms with Crippen molar-refractivity contribution in [2.45, 2.75) is 45.3 Å². The molecule has 24 heavy (non-hydrogen) atoms. The van der Waals surface area contributed by atoms with Gasteiger partial charge in [-0.1, -0.05) is 11.6 Å². The molecular weight excluding hydrogens is 330 g/mol.